The fraction of sp³-hybridized carbons (Fsp3) is 0.682. The Bertz CT molecular complexity index is 1220. The van der Waals surface area contributed by atoms with Crippen LogP contribution in [0.5, 0.6) is 11.5 Å². The highest BCUT2D eigenvalue weighted by Gasteiger charge is 2.22. The standard InChI is InChI=1S/C44H72N2O4/c1-9-35-29-33(31-37(41(35)49)43(3,4)5)23-17-15-19-25-39(47)45-27-21-13-11-12-14-22-28-46-40(48)26-20-16-18-24-34-30-36(10-2)42(50)38(32-34)44(6,7)8/h29-32,49-50H,9-28H2,1-8H3,(H,45,47)(H,46,48). The van der Waals surface area contributed by atoms with E-state index < -0.39 is 0 Å². The number of amides is 2. The molecule has 2 aromatic carbocycles. The molecule has 0 unspecified atom stereocenters. The first kappa shape index (κ1) is 43.1. The maximum Gasteiger partial charge on any atom is 0.219 e. The number of carbonyl (C=O) groups is 2. The van der Waals surface area contributed by atoms with Crippen molar-refractivity contribution in [1.82, 2.24) is 10.6 Å². The molecule has 0 radical (unpaired) electrons. The van der Waals surface area contributed by atoms with E-state index >= 15 is 0 Å². The Balaban J connectivity index is 1.44. The van der Waals surface area contributed by atoms with E-state index in [1.54, 1.807) is 0 Å². The lowest BCUT2D eigenvalue weighted by molar-refractivity contribution is -0.122. The summed E-state index contributed by atoms with van der Waals surface area (Å²) < 4.78 is 0. The summed E-state index contributed by atoms with van der Waals surface area (Å²) in [5, 5.41) is 27.4. The minimum absolute atomic E-state index is 0.0865. The third kappa shape index (κ3) is 15.9. The van der Waals surface area contributed by atoms with E-state index in [-0.39, 0.29) is 22.6 Å². The van der Waals surface area contributed by atoms with Crippen LogP contribution >= 0.6 is 0 Å². The van der Waals surface area contributed by atoms with Gasteiger partial charge in [-0.2, -0.15) is 0 Å². The first-order valence-electron chi connectivity index (χ1n) is 19.9. The molecule has 0 fully saturated rings. The highest BCUT2D eigenvalue weighted by molar-refractivity contribution is 5.76. The molecule has 0 heterocycles. The van der Waals surface area contributed by atoms with Crippen molar-refractivity contribution < 1.29 is 19.8 Å². The molecule has 0 saturated heterocycles. The van der Waals surface area contributed by atoms with Crippen LogP contribution in [-0.2, 0) is 46.1 Å². The molecular weight excluding hydrogens is 620 g/mol. The number of carbonyl (C=O) groups excluding carboxylic acids is 2. The first-order chi connectivity index (χ1) is 23.7. The number of nitrogens with one attached hydrogen (secondary N) is 2. The van der Waals surface area contributed by atoms with Crippen LogP contribution in [0.1, 0.15) is 179 Å². The monoisotopic (exact) mass is 693 g/mol. The van der Waals surface area contributed by atoms with Crippen LogP contribution < -0.4 is 10.6 Å². The zero-order chi connectivity index (χ0) is 37.2. The average molecular weight is 693 g/mol. The number of phenolic OH excluding ortho intramolecular Hbond substituents is 2. The second kappa shape index (κ2) is 22.0. The van der Waals surface area contributed by atoms with Crippen molar-refractivity contribution in [2.45, 2.75) is 182 Å². The maximum atomic E-state index is 12.3. The molecule has 0 aliphatic rings. The quantitative estimate of drug-likeness (QED) is 0.0871. The summed E-state index contributed by atoms with van der Waals surface area (Å²) >= 11 is 0. The molecule has 2 rings (SSSR count). The second-order valence-corrected chi connectivity index (χ2v) is 16.5. The number of phenols is 2. The minimum atomic E-state index is -0.0865. The molecule has 0 bridgehead atoms. The molecule has 0 aromatic heterocycles. The van der Waals surface area contributed by atoms with Gasteiger partial charge in [0.2, 0.25) is 11.8 Å². The highest BCUT2D eigenvalue weighted by Crippen LogP contribution is 2.36. The van der Waals surface area contributed by atoms with Crippen molar-refractivity contribution in [3.05, 3.63) is 57.6 Å². The second-order valence-electron chi connectivity index (χ2n) is 16.5. The van der Waals surface area contributed by atoms with Crippen LogP contribution in [0.3, 0.4) is 0 Å². The number of benzene rings is 2. The Morgan fingerprint density at radius 1 is 0.520 bits per heavy atom. The Labute approximate surface area is 305 Å². The Hall–Kier alpha value is -3.02. The average Bonchev–Trinajstić information content (AvgIpc) is 3.05. The van der Waals surface area contributed by atoms with Gasteiger partial charge in [-0.3, -0.25) is 9.59 Å². The van der Waals surface area contributed by atoms with Gasteiger partial charge in [-0.15, -0.1) is 0 Å². The van der Waals surface area contributed by atoms with Gasteiger partial charge in [0.1, 0.15) is 11.5 Å². The third-order valence-electron chi connectivity index (χ3n) is 9.86. The van der Waals surface area contributed by atoms with Gasteiger partial charge >= 0.3 is 0 Å². The van der Waals surface area contributed by atoms with Crippen LogP contribution in [0.2, 0.25) is 0 Å². The summed E-state index contributed by atoms with van der Waals surface area (Å²) in [7, 11) is 0. The summed E-state index contributed by atoms with van der Waals surface area (Å²) in [6.07, 6.45) is 17.4. The molecule has 6 heteroatoms. The lowest BCUT2D eigenvalue weighted by Crippen LogP contribution is -2.24. The lowest BCUT2D eigenvalue weighted by Gasteiger charge is -2.23. The molecule has 282 valence electrons. The summed E-state index contributed by atoms with van der Waals surface area (Å²) in [6.45, 7) is 18.5. The molecule has 6 nitrogen and oxygen atoms in total. The van der Waals surface area contributed by atoms with Crippen LogP contribution in [0.4, 0.5) is 0 Å². The SMILES string of the molecule is CCc1cc(CCCCCC(=O)NCCCCCCCCNC(=O)CCCCCc2cc(CC)c(O)c(C(C)(C)C)c2)cc(C(C)(C)C)c1O. The molecule has 50 heavy (non-hydrogen) atoms. The van der Waals surface area contributed by atoms with E-state index in [1.165, 1.54) is 11.1 Å². The predicted octanol–water partition coefficient (Wildman–Crippen LogP) is 10.3. The van der Waals surface area contributed by atoms with Gasteiger partial charge in [0.05, 0.1) is 0 Å². The van der Waals surface area contributed by atoms with E-state index in [9.17, 15) is 19.8 Å². The fourth-order valence-electron chi connectivity index (χ4n) is 6.66. The molecule has 0 saturated carbocycles. The van der Waals surface area contributed by atoms with Gasteiger partial charge in [-0.25, -0.2) is 0 Å². The Morgan fingerprint density at radius 3 is 1.20 bits per heavy atom. The van der Waals surface area contributed by atoms with Gasteiger partial charge in [0.25, 0.3) is 0 Å². The number of aromatic hydroxyl groups is 2. The first-order valence-corrected chi connectivity index (χ1v) is 19.9. The fourth-order valence-corrected chi connectivity index (χ4v) is 6.66. The zero-order valence-corrected chi connectivity index (χ0v) is 33.2. The normalized spacial score (nSPS) is 11.9. The van der Waals surface area contributed by atoms with Crippen molar-refractivity contribution in [3.8, 4) is 11.5 Å². The van der Waals surface area contributed by atoms with Crippen LogP contribution in [-0.4, -0.2) is 35.1 Å². The molecule has 4 N–H and O–H groups in total. The molecule has 0 aliphatic heterocycles. The molecule has 0 aliphatic carbocycles. The largest absolute Gasteiger partial charge is 0.507 e. The smallest absolute Gasteiger partial charge is 0.219 e. The number of unbranched alkanes of at least 4 members (excludes halogenated alkanes) is 9. The van der Waals surface area contributed by atoms with Gasteiger partial charge in [0, 0.05) is 25.9 Å². The van der Waals surface area contributed by atoms with Crippen LogP contribution in [0.15, 0.2) is 24.3 Å². The van der Waals surface area contributed by atoms with E-state index in [0.717, 1.165) is 138 Å². The van der Waals surface area contributed by atoms with Gasteiger partial charge in [0.15, 0.2) is 0 Å². The highest BCUT2D eigenvalue weighted by atomic mass is 16.3. The summed E-state index contributed by atoms with van der Waals surface area (Å²) in [5.41, 5.74) is 6.49. The molecule has 2 amide bonds. The number of rotatable bonds is 23. The van der Waals surface area contributed by atoms with Crippen LogP contribution in [0.25, 0.3) is 0 Å². The zero-order valence-electron chi connectivity index (χ0n) is 33.2. The summed E-state index contributed by atoms with van der Waals surface area (Å²) in [4.78, 5) is 24.5. The predicted molar refractivity (Wildman–Crippen MR) is 210 cm³/mol. The number of aryl methyl sites for hydroxylation is 4. The van der Waals surface area contributed by atoms with Gasteiger partial charge in [-0.05, 0) is 108 Å². The van der Waals surface area contributed by atoms with E-state index in [2.05, 4.69) is 90.3 Å². The minimum Gasteiger partial charge on any atom is -0.507 e. The Kier molecular flexibility index (Phi) is 19.0. The molecular formula is C44H72N2O4. The van der Waals surface area contributed by atoms with Crippen molar-refractivity contribution in [3.63, 3.8) is 0 Å². The molecule has 2 aromatic rings. The molecule has 0 atom stereocenters. The van der Waals surface area contributed by atoms with Gasteiger partial charge in [-0.1, -0.05) is 118 Å². The van der Waals surface area contributed by atoms with Gasteiger partial charge < -0.3 is 20.8 Å². The summed E-state index contributed by atoms with van der Waals surface area (Å²) in [6, 6.07) is 8.61. The van der Waals surface area contributed by atoms with Crippen LogP contribution in [0, 0.1) is 0 Å². The third-order valence-corrected chi connectivity index (χ3v) is 9.86. The molecule has 0 spiro atoms. The number of hydrogen-bond donors (Lipinski definition) is 4. The van der Waals surface area contributed by atoms with Crippen molar-refractivity contribution in [1.29, 1.82) is 0 Å². The van der Waals surface area contributed by atoms with E-state index in [4.69, 9.17) is 0 Å². The van der Waals surface area contributed by atoms with E-state index in [0.29, 0.717) is 24.3 Å². The number of hydrogen-bond acceptors (Lipinski definition) is 4. The van der Waals surface area contributed by atoms with Crippen molar-refractivity contribution in [2.24, 2.45) is 0 Å². The van der Waals surface area contributed by atoms with E-state index in [1.807, 2.05) is 0 Å². The maximum absolute atomic E-state index is 12.3. The van der Waals surface area contributed by atoms with Crippen molar-refractivity contribution >= 4 is 11.8 Å². The summed E-state index contributed by atoms with van der Waals surface area (Å²) in [5.74, 6) is 1.21. The van der Waals surface area contributed by atoms with Crippen molar-refractivity contribution in [2.75, 3.05) is 13.1 Å². The Morgan fingerprint density at radius 2 is 0.860 bits per heavy atom. The lowest BCUT2D eigenvalue weighted by atomic mass is 9.83. The topological polar surface area (TPSA) is 98.7 Å².